The number of halogens is 1. The molecule has 0 bridgehead atoms. The number of benzene rings is 1. The van der Waals surface area contributed by atoms with Crippen molar-refractivity contribution in [2.24, 2.45) is 0 Å². The topological polar surface area (TPSA) is 9.23 Å². The summed E-state index contributed by atoms with van der Waals surface area (Å²) in [6.07, 6.45) is 0.909. The van der Waals surface area contributed by atoms with Crippen molar-refractivity contribution in [2.75, 3.05) is 6.61 Å². The fourth-order valence-corrected chi connectivity index (χ4v) is 2.67. The smallest absolute Gasteiger partial charge is 0.122 e. The minimum Gasteiger partial charge on any atom is -0.493 e. The summed E-state index contributed by atoms with van der Waals surface area (Å²) in [4.78, 5) is 1.34. The van der Waals surface area contributed by atoms with E-state index in [4.69, 9.17) is 4.74 Å². The zero-order valence-electron chi connectivity index (χ0n) is 8.78. The third kappa shape index (κ3) is 2.86. The highest BCUT2D eigenvalue weighted by molar-refractivity contribution is 9.10. The van der Waals surface area contributed by atoms with E-state index in [1.54, 1.807) is 11.3 Å². The molecule has 0 aliphatic heterocycles. The Morgan fingerprint density at radius 3 is 2.88 bits per heavy atom. The highest BCUT2D eigenvalue weighted by atomic mass is 79.9. The van der Waals surface area contributed by atoms with Crippen molar-refractivity contribution in [2.45, 2.75) is 6.42 Å². The van der Waals surface area contributed by atoms with Crippen LogP contribution >= 0.6 is 27.3 Å². The number of hydrogen-bond acceptors (Lipinski definition) is 2. The van der Waals surface area contributed by atoms with Gasteiger partial charge in [0.05, 0.1) is 6.61 Å². The van der Waals surface area contributed by atoms with Gasteiger partial charge in [0, 0.05) is 21.3 Å². The van der Waals surface area contributed by atoms with Crippen molar-refractivity contribution < 1.29 is 4.74 Å². The van der Waals surface area contributed by atoms with E-state index in [-0.39, 0.29) is 0 Å². The minimum absolute atomic E-state index is 0.457. The monoisotopic (exact) mass is 295 g/mol. The van der Waals surface area contributed by atoms with Gasteiger partial charge in [-0.2, -0.15) is 0 Å². The van der Waals surface area contributed by atoms with Gasteiger partial charge in [0.15, 0.2) is 0 Å². The Hall–Kier alpha value is -0.800. The summed E-state index contributed by atoms with van der Waals surface area (Å²) in [5.74, 6) is 0.923. The van der Waals surface area contributed by atoms with Gasteiger partial charge < -0.3 is 4.74 Å². The minimum atomic E-state index is 0.457. The molecule has 0 unspecified atom stereocenters. The number of thiophene rings is 1. The average Bonchev–Trinajstić information content (AvgIpc) is 2.75. The van der Waals surface area contributed by atoms with Crippen LogP contribution in [-0.4, -0.2) is 6.61 Å². The van der Waals surface area contributed by atoms with Crippen molar-refractivity contribution >= 4 is 27.3 Å². The Morgan fingerprint density at radius 2 is 2.19 bits per heavy atom. The van der Waals surface area contributed by atoms with Crippen LogP contribution in [0.4, 0.5) is 0 Å². The molecule has 1 aromatic carbocycles. The third-order valence-electron chi connectivity index (χ3n) is 2.22. The molecule has 0 amide bonds. The molecule has 1 nitrogen and oxygen atoms in total. The molecular weight excluding hydrogens is 284 g/mol. The van der Waals surface area contributed by atoms with E-state index < -0.39 is 0 Å². The first-order valence-corrected chi connectivity index (χ1v) is 6.69. The molecule has 1 radical (unpaired) electrons. The Morgan fingerprint density at radius 1 is 1.31 bits per heavy atom. The number of hydrogen-bond donors (Lipinski definition) is 0. The molecule has 0 aliphatic rings. The first-order valence-electron chi connectivity index (χ1n) is 5.02. The van der Waals surface area contributed by atoms with E-state index in [1.807, 2.05) is 12.1 Å². The van der Waals surface area contributed by atoms with Gasteiger partial charge in [-0.15, -0.1) is 11.3 Å². The largest absolute Gasteiger partial charge is 0.493 e. The summed E-state index contributed by atoms with van der Waals surface area (Å²) in [5.41, 5.74) is 1.19. The van der Waals surface area contributed by atoms with E-state index in [9.17, 15) is 0 Å². The van der Waals surface area contributed by atoms with E-state index in [0.717, 1.165) is 16.6 Å². The predicted molar refractivity (Wildman–Crippen MR) is 72.1 cm³/mol. The van der Waals surface area contributed by atoms with E-state index in [2.05, 4.69) is 46.4 Å². The zero-order valence-corrected chi connectivity index (χ0v) is 11.2. The molecule has 1 heterocycles. The van der Waals surface area contributed by atoms with Crippen molar-refractivity contribution in [1.82, 2.24) is 0 Å². The molecule has 3 heteroatoms. The first kappa shape index (κ1) is 11.7. The van der Waals surface area contributed by atoms with Crippen LogP contribution in [0, 0.1) is 6.92 Å². The Kier molecular flexibility index (Phi) is 4.02. The SMILES string of the molecule is [CH2]COc1ccc(Br)cc1Cc1cccs1. The van der Waals surface area contributed by atoms with Crippen LogP contribution in [0.5, 0.6) is 5.75 Å². The lowest BCUT2D eigenvalue weighted by molar-refractivity contribution is 0.357. The lowest BCUT2D eigenvalue weighted by Gasteiger charge is -2.09. The molecule has 0 saturated heterocycles. The first-order chi connectivity index (χ1) is 7.79. The second-order valence-electron chi connectivity index (χ2n) is 3.36. The van der Waals surface area contributed by atoms with Crippen molar-refractivity contribution in [3.63, 3.8) is 0 Å². The van der Waals surface area contributed by atoms with Gasteiger partial charge in [-0.3, -0.25) is 0 Å². The van der Waals surface area contributed by atoms with Crippen molar-refractivity contribution in [3.05, 3.63) is 57.5 Å². The van der Waals surface area contributed by atoms with Gasteiger partial charge in [-0.1, -0.05) is 22.0 Å². The van der Waals surface area contributed by atoms with E-state index in [1.165, 1.54) is 10.4 Å². The molecule has 0 aliphatic carbocycles. The van der Waals surface area contributed by atoms with Crippen LogP contribution in [0.25, 0.3) is 0 Å². The lowest BCUT2D eigenvalue weighted by atomic mass is 10.1. The Bertz CT molecular complexity index is 451. The summed E-state index contributed by atoms with van der Waals surface area (Å²) in [5, 5.41) is 2.09. The molecule has 0 N–H and O–H groups in total. The van der Waals surface area contributed by atoms with Crippen LogP contribution in [0.1, 0.15) is 10.4 Å². The average molecular weight is 296 g/mol. The van der Waals surface area contributed by atoms with Gasteiger partial charge in [0.2, 0.25) is 0 Å². The van der Waals surface area contributed by atoms with Crippen LogP contribution in [-0.2, 0) is 6.42 Å². The second kappa shape index (κ2) is 5.51. The Labute approximate surface area is 108 Å². The molecular formula is C13H12BrOS. The summed E-state index contributed by atoms with van der Waals surface area (Å²) >= 11 is 5.25. The molecule has 0 fully saturated rings. The molecule has 2 aromatic rings. The summed E-state index contributed by atoms with van der Waals surface area (Å²) in [6.45, 7) is 4.17. The standard InChI is InChI=1S/C13H12BrOS/c1-2-15-13-6-5-11(14)8-10(13)9-12-4-3-7-16-12/h3-8H,1-2,9H2. The van der Waals surface area contributed by atoms with Gasteiger partial charge in [0.1, 0.15) is 5.75 Å². The molecule has 2 rings (SSSR count). The molecule has 83 valence electrons. The molecule has 16 heavy (non-hydrogen) atoms. The highest BCUT2D eigenvalue weighted by Gasteiger charge is 2.06. The number of ether oxygens (including phenoxy) is 1. The number of rotatable bonds is 4. The second-order valence-corrected chi connectivity index (χ2v) is 5.30. The molecule has 0 saturated carbocycles. The summed E-state index contributed by atoms with van der Waals surface area (Å²) in [6, 6.07) is 10.3. The maximum absolute atomic E-state index is 5.51. The van der Waals surface area contributed by atoms with Gasteiger partial charge in [0.25, 0.3) is 0 Å². The highest BCUT2D eigenvalue weighted by Crippen LogP contribution is 2.26. The molecule has 0 spiro atoms. The lowest BCUT2D eigenvalue weighted by Crippen LogP contribution is -1.97. The van der Waals surface area contributed by atoms with Crippen molar-refractivity contribution in [3.8, 4) is 5.75 Å². The van der Waals surface area contributed by atoms with E-state index in [0.29, 0.717) is 6.61 Å². The van der Waals surface area contributed by atoms with Crippen LogP contribution < -0.4 is 4.74 Å². The maximum atomic E-state index is 5.51. The predicted octanol–water partition coefficient (Wildman–Crippen LogP) is 4.31. The summed E-state index contributed by atoms with van der Waals surface area (Å²) in [7, 11) is 0. The normalized spacial score (nSPS) is 10.4. The Balaban J connectivity index is 2.26. The third-order valence-corrected chi connectivity index (χ3v) is 3.59. The summed E-state index contributed by atoms with van der Waals surface area (Å²) < 4.78 is 6.59. The fourth-order valence-electron chi connectivity index (χ4n) is 1.54. The van der Waals surface area contributed by atoms with Gasteiger partial charge in [-0.05, 0) is 36.6 Å². The van der Waals surface area contributed by atoms with Crippen LogP contribution in [0.15, 0.2) is 40.2 Å². The molecule has 1 aromatic heterocycles. The van der Waals surface area contributed by atoms with Gasteiger partial charge >= 0.3 is 0 Å². The fraction of sp³-hybridized carbons (Fsp3) is 0.154. The van der Waals surface area contributed by atoms with Crippen molar-refractivity contribution in [1.29, 1.82) is 0 Å². The zero-order chi connectivity index (χ0) is 11.4. The van der Waals surface area contributed by atoms with Gasteiger partial charge in [-0.25, -0.2) is 0 Å². The molecule has 0 atom stereocenters. The van der Waals surface area contributed by atoms with Crippen LogP contribution in [0.2, 0.25) is 0 Å². The quantitative estimate of drug-likeness (QED) is 0.816. The van der Waals surface area contributed by atoms with Crippen LogP contribution in [0.3, 0.4) is 0 Å². The maximum Gasteiger partial charge on any atom is 0.122 e. The van der Waals surface area contributed by atoms with E-state index >= 15 is 0 Å².